The monoisotopic (exact) mass is 496 g/mol. The highest BCUT2D eigenvalue weighted by molar-refractivity contribution is 6.07. The topological polar surface area (TPSA) is 66.0 Å². The third kappa shape index (κ3) is 5.13. The number of hydrogen-bond donors (Lipinski definition) is 0. The van der Waals surface area contributed by atoms with E-state index in [0.717, 1.165) is 36.5 Å². The molecule has 3 heterocycles. The quantitative estimate of drug-likeness (QED) is 0.427. The van der Waals surface area contributed by atoms with Gasteiger partial charge in [-0.25, -0.2) is 4.79 Å². The van der Waals surface area contributed by atoms with Gasteiger partial charge in [-0.2, -0.15) is 0 Å². The average molecular weight is 497 g/mol. The lowest BCUT2D eigenvalue weighted by Crippen LogP contribution is -2.56. The summed E-state index contributed by atoms with van der Waals surface area (Å²) in [5.74, 6) is 0.735. The molecular formula is C30H32N4O3. The first-order chi connectivity index (χ1) is 18.1. The molecule has 0 atom stereocenters. The van der Waals surface area contributed by atoms with Gasteiger partial charge in [-0.15, -0.1) is 0 Å². The molecule has 0 radical (unpaired) electrons. The summed E-state index contributed by atoms with van der Waals surface area (Å²) in [6, 6.07) is 23.2. The molecule has 5 rings (SSSR count). The Morgan fingerprint density at radius 2 is 1.65 bits per heavy atom. The van der Waals surface area contributed by atoms with Crippen LogP contribution in [0.25, 0.3) is 6.08 Å². The lowest BCUT2D eigenvalue weighted by atomic mass is 9.85. The van der Waals surface area contributed by atoms with Crippen LogP contribution in [0.2, 0.25) is 0 Å². The minimum Gasteiger partial charge on any atom is -0.496 e. The maximum absolute atomic E-state index is 13.9. The largest absolute Gasteiger partial charge is 0.496 e. The number of aromatic nitrogens is 1. The number of rotatable bonds is 8. The number of carbonyl (C=O) groups excluding carboxylic acids is 2. The zero-order chi connectivity index (χ0) is 25.7. The van der Waals surface area contributed by atoms with Crippen molar-refractivity contribution in [3.8, 4) is 5.75 Å². The second kappa shape index (κ2) is 11.0. The number of imide groups is 1. The maximum atomic E-state index is 13.9. The van der Waals surface area contributed by atoms with E-state index < -0.39 is 5.54 Å². The van der Waals surface area contributed by atoms with E-state index in [0.29, 0.717) is 25.1 Å². The van der Waals surface area contributed by atoms with Gasteiger partial charge in [0.2, 0.25) is 0 Å². The molecule has 0 aliphatic carbocycles. The van der Waals surface area contributed by atoms with E-state index >= 15 is 0 Å². The fourth-order valence-electron chi connectivity index (χ4n) is 5.28. The molecule has 0 unspecified atom stereocenters. The van der Waals surface area contributed by atoms with Gasteiger partial charge >= 0.3 is 6.03 Å². The van der Waals surface area contributed by atoms with Gasteiger partial charge < -0.3 is 9.64 Å². The average Bonchev–Trinajstić information content (AvgIpc) is 3.12. The second-order valence-electron chi connectivity index (χ2n) is 9.54. The van der Waals surface area contributed by atoms with E-state index in [1.165, 1.54) is 4.90 Å². The summed E-state index contributed by atoms with van der Waals surface area (Å²) in [6.07, 6.45) is 7.10. The molecule has 2 aliphatic rings. The molecule has 7 nitrogen and oxygen atoms in total. The Kier molecular flexibility index (Phi) is 7.32. The molecule has 7 heteroatoms. The Bertz CT molecular complexity index is 1250. The van der Waals surface area contributed by atoms with Crippen LogP contribution in [0.1, 0.15) is 29.7 Å². The number of pyridine rings is 1. The summed E-state index contributed by atoms with van der Waals surface area (Å²) < 4.78 is 5.44. The standard InChI is InChI=1S/C30H32N4O3/c1-37-27-15-6-5-12-25(27)13-9-19-32-20-16-30(17-21-32)28(35)33(23-26-14-7-8-18-31-26)29(36)34(30)22-24-10-3-2-4-11-24/h2-15,18H,16-17,19-23H2,1H3. The molecule has 3 amide bonds. The number of para-hydroxylation sites is 1. The zero-order valence-electron chi connectivity index (χ0n) is 21.1. The molecule has 2 fully saturated rings. The SMILES string of the molecule is COc1ccccc1C=CCN1CCC2(CC1)C(=O)N(Cc1ccccn1)C(=O)N2Cc1ccccc1. The molecule has 2 aromatic carbocycles. The van der Waals surface area contributed by atoms with E-state index in [1.807, 2.05) is 72.8 Å². The van der Waals surface area contributed by atoms with Crippen molar-refractivity contribution in [3.05, 3.63) is 102 Å². The molecule has 2 aliphatic heterocycles. The van der Waals surface area contributed by atoms with Crippen LogP contribution in [0.4, 0.5) is 4.79 Å². The van der Waals surface area contributed by atoms with Gasteiger partial charge in [0.1, 0.15) is 11.3 Å². The van der Waals surface area contributed by atoms with Crippen molar-refractivity contribution in [1.82, 2.24) is 19.7 Å². The van der Waals surface area contributed by atoms with E-state index in [2.05, 4.69) is 22.0 Å². The third-order valence-corrected chi connectivity index (χ3v) is 7.33. The van der Waals surface area contributed by atoms with Crippen molar-refractivity contribution in [2.24, 2.45) is 0 Å². The lowest BCUT2D eigenvalue weighted by Gasteiger charge is -2.42. The van der Waals surface area contributed by atoms with E-state index in [4.69, 9.17) is 4.74 Å². The number of piperidine rings is 1. The van der Waals surface area contributed by atoms with Crippen molar-refractivity contribution in [3.63, 3.8) is 0 Å². The smallest absolute Gasteiger partial charge is 0.328 e. The molecule has 190 valence electrons. The summed E-state index contributed by atoms with van der Waals surface area (Å²) in [6.45, 7) is 2.84. The van der Waals surface area contributed by atoms with Crippen molar-refractivity contribution in [1.29, 1.82) is 0 Å². The van der Waals surface area contributed by atoms with Crippen LogP contribution in [0.15, 0.2) is 85.1 Å². The van der Waals surface area contributed by atoms with Gasteiger partial charge in [-0.05, 0) is 36.6 Å². The number of nitrogens with zero attached hydrogens (tertiary/aromatic N) is 4. The molecule has 1 aromatic heterocycles. The first-order valence-corrected chi connectivity index (χ1v) is 12.7. The van der Waals surface area contributed by atoms with Gasteiger partial charge in [-0.3, -0.25) is 19.6 Å². The Labute approximate surface area is 218 Å². The molecule has 2 saturated heterocycles. The second-order valence-corrected chi connectivity index (χ2v) is 9.54. The number of hydrogen-bond acceptors (Lipinski definition) is 5. The molecule has 0 bridgehead atoms. The highest BCUT2D eigenvalue weighted by atomic mass is 16.5. The highest BCUT2D eigenvalue weighted by Crippen LogP contribution is 2.39. The Morgan fingerprint density at radius 3 is 2.38 bits per heavy atom. The van der Waals surface area contributed by atoms with Gasteiger partial charge in [0.15, 0.2) is 0 Å². The summed E-state index contributed by atoms with van der Waals surface area (Å²) in [7, 11) is 1.68. The van der Waals surface area contributed by atoms with Crippen molar-refractivity contribution >= 4 is 18.0 Å². The normalized spacial score (nSPS) is 17.8. The molecular weight excluding hydrogens is 464 g/mol. The number of ether oxygens (including phenoxy) is 1. The number of carbonyl (C=O) groups is 2. The lowest BCUT2D eigenvalue weighted by molar-refractivity contribution is -0.136. The van der Waals surface area contributed by atoms with Crippen molar-refractivity contribution < 1.29 is 14.3 Å². The van der Waals surface area contributed by atoms with Crippen LogP contribution >= 0.6 is 0 Å². The van der Waals surface area contributed by atoms with Crippen LogP contribution in [0.3, 0.4) is 0 Å². The van der Waals surface area contributed by atoms with Gasteiger partial charge in [0.05, 0.1) is 19.3 Å². The number of likely N-dealkylation sites (tertiary alicyclic amines) is 1. The van der Waals surface area contributed by atoms with Crippen molar-refractivity contribution in [2.75, 3.05) is 26.7 Å². The summed E-state index contributed by atoms with van der Waals surface area (Å²) in [5, 5.41) is 0. The van der Waals surface area contributed by atoms with Crippen LogP contribution in [0.5, 0.6) is 5.75 Å². The number of urea groups is 1. The van der Waals surface area contributed by atoms with E-state index in [1.54, 1.807) is 18.2 Å². The number of methoxy groups -OCH3 is 1. The van der Waals surface area contributed by atoms with E-state index in [-0.39, 0.29) is 18.5 Å². The first-order valence-electron chi connectivity index (χ1n) is 12.7. The summed E-state index contributed by atoms with van der Waals surface area (Å²) in [5.41, 5.74) is 1.93. The molecule has 37 heavy (non-hydrogen) atoms. The predicted octanol–water partition coefficient (Wildman–Crippen LogP) is 4.60. The number of benzene rings is 2. The van der Waals surface area contributed by atoms with Gasteiger partial charge in [-0.1, -0.05) is 66.7 Å². The fourth-order valence-corrected chi connectivity index (χ4v) is 5.28. The predicted molar refractivity (Wildman–Crippen MR) is 143 cm³/mol. The fraction of sp³-hybridized carbons (Fsp3) is 0.300. The summed E-state index contributed by atoms with van der Waals surface area (Å²) in [4.78, 5) is 37.4. The Morgan fingerprint density at radius 1 is 0.919 bits per heavy atom. The summed E-state index contributed by atoms with van der Waals surface area (Å²) >= 11 is 0. The van der Waals surface area contributed by atoms with Crippen LogP contribution in [0, 0.1) is 0 Å². The van der Waals surface area contributed by atoms with Gasteiger partial charge in [0, 0.05) is 37.9 Å². The minimum atomic E-state index is -0.829. The molecule has 3 aromatic rings. The van der Waals surface area contributed by atoms with E-state index in [9.17, 15) is 9.59 Å². The Hall–Kier alpha value is -3.97. The van der Waals surface area contributed by atoms with Crippen LogP contribution < -0.4 is 4.74 Å². The van der Waals surface area contributed by atoms with Crippen LogP contribution in [-0.4, -0.2) is 63.9 Å². The molecule has 1 spiro atoms. The molecule has 0 N–H and O–H groups in total. The first kappa shape index (κ1) is 24.7. The van der Waals surface area contributed by atoms with Crippen LogP contribution in [-0.2, 0) is 17.9 Å². The minimum absolute atomic E-state index is 0.108. The Balaban J connectivity index is 1.32. The van der Waals surface area contributed by atoms with Gasteiger partial charge in [0.25, 0.3) is 5.91 Å². The van der Waals surface area contributed by atoms with Crippen molar-refractivity contribution in [2.45, 2.75) is 31.5 Å². The highest BCUT2D eigenvalue weighted by Gasteiger charge is 2.57. The number of amides is 3. The maximum Gasteiger partial charge on any atom is 0.328 e. The molecule has 0 saturated carbocycles. The third-order valence-electron chi connectivity index (χ3n) is 7.33. The zero-order valence-corrected chi connectivity index (χ0v) is 21.1.